The second-order valence-corrected chi connectivity index (χ2v) is 21.0. The summed E-state index contributed by atoms with van der Waals surface area (Å²) in [5, 5.41) is 0. The number of ether oxygens (including phenoxy) is 7. The summed E-state index contributed by atoms with van der Waals surface area (Å²) in [7, 11) is 0. The van der Waals surface area contributed by atoms with E-state index >= 15 is 0 Å². The van der Waals surface area contributed by atoms with Crippen molar-refractivity contribution in [2.45, 2.75) is 209 Å². The molecule has 63 heavy (non-hydrogen) atoms. The average molecular weight is 891 g/mol. The molecule has 3 aliphatic heterocycles. The molecule has 14 heteroatoms. The van der Waals surface area contributed by atoms with Crippen molar-refractivity contribution in [3.05, 3.63) is 12.2 Å². The van der Waals surface area contributed by atoms with Crippen LogP contribution >= 0.6 is 0 Å². The Kier molecular flexibility index (Phi) is 17.7. The highest BCUT2D eigenvalue weighted by atomic mass is 16.7. The van der Waals surface area contributed by atoms with Gasteiger partial charge in [0.2, 0.25) is 0 Å². The van der Waals surface area contributed by atoms with E-state index in [1.54, 1.807) is 20.8 Å². The van der Waals surface area contributed by atoms with Crippen LogP contribution in [-0.4, -0.2) is 77.6 Å². The van der Waals surface area contributed by atoms with Crippen LogP contribution in [0.5, 0.6) is 0 Å². The van der Waals surface area contributed by atoms with Gasteiger partial charge in [0, 0.05) is 24.8 Å². The van der Waals surface area contributed by atoms with Crippen LogP contribution < -0.4 is 0 Å². The lowest BCUT2D eigenvalue weighted by Crippen LogP contribution is -2.43. The third-order valence-corrected chi connectivity index (χ3v) is 14.3. The highest BCUT2D eigenvalue weighted by Gasteiger charge is 2.68. The van der Waals surface area contributed by atoms with Gasteiger partial charge in [-0.2, -0.15) is 0 Å². The molecule has 6 fully saturated rings. The molecular weight excluding hydrogens is 813 g/mol. The Hall–Kier alpha value is -3.97. The molecule has 0 radical (unpaired) electrons. The van der Waals surface area contributed by atoms with Gasteiger partial charge in [-0.25, -0.2) is 4.79 Å². The SMILES string of the molecule is C=C(C)C(=O)OC1(C)CCOC(=O)C1.CCC(C)(C)C(=O)OC1(C)CCOC(=O)C1.CCC(C)(C)C(=O)OC12CC3CC(C(=O)O1)C2C3.CCC1(OC(=O)C(C)(C)CC)CCCC1. The summed E-state index contributed by atoms with van der Waals surface area (Å²) < 4.78 is 37.1. The number of carbonyl (C=O) groups excluding carboxylic acids is 7. The molecule has 0 spiro atoms. The van der Waals surface area contributed by atoms with Crippen LogP contribution in [0, 0.1) is 34.0 Å². The fourth-order valence-electron chi connectivity index (χ4n) is 8.22. The molecule has 3 saturated carbocycles. The second-order valence-electron chi connectivity index (χ2n) is 21.0. The number of rotatable bonds is 12. The molecule has 3 aliphatic carbocycles. The molecule has 0 aromatic carbocycles. The Morgan fingerprint density at radius 1 is 0.667 bits per heavy atom. The lowest BCUT2D eigenvalue weighted by molar-refractivity contribution is -0.229. The molecule has 3 heterocycles. The summed E-state index contributed by atoms with van der Waals surface area (Å²) in [5.41, 5.74) is -2.56. The molecule has 3 saturated heterocycles. The highest BCUT2D eigenvalue weighted by Crippen LogP contribution is 2.61. The quantitative estimate of drug-likeness (QED) is 0.103. The zero-order valence-electron chi connectivity index (χ0n) is 40.7. The van der Waals surface area contributed by atoms with E-state index in [1.165, 1.54) is 12.8 Å². The van der Waals surface area contributed by atoms with Gasteiger partial charge in [-0.05, 0) is 132 Å². The maximum atomic E-state index is 12.2. The molecule has 14 nitrogen and oxygen atoms in total. The molecule has 2 bridgehead atoms. The number of fused-ring (bicyclic) bond motifs is 1. The Morgan fingerprint density at radius 3 is 1.52 bits per heavy atom. The number of esters is 7. The van der Waals surface area contributed by atoms with Crippen molar-refractivity contribution in [1.82, 2.24) is 0 Å². The van der Waals surface area contributed by atoms with Crippen LogP contribution in [0.3, 0.4) is 0 Å². The van der Waals surface area contributed by atoms with Crippen LogP contribution in [0.1, 0.15) is 186 Å². The summed E-state index contributed by atoms with van der Waals surface area (Å²) in [6.45, 7) is 28.6. The molecule has 0 aromatic rings. The van der Waals surface area contributed by atoms with E-state index in [9.17, 15) is 33.6 Å². The fraction of sp³-hybridized carbons (Fsp3) is 0.816. The maximum Gasteiger partial charge on any atom is 0.333 e. The lowest BCUT2D eigenvalue weighted by atomic mass is 9.86. The van der Waals surface area contributed by atoms with Gasteiger partial charge < -0.3 is 33.2 Å². The minimum atomic E-state index is -0.922. The standard InChI is InChI=1S/C14H20O4.C13H24O2.C12H20O4.C10H14O4/c1-4-13(2,3)12(16)18-14-7-8-5-9(10(14)6-8)11(15)17-14;1-5-12(3,4)11(14)15-13(6-2)9-7-8-10-13;1-5-11(2,3)10(14)16-12(4)6-7-15-9(13)8-12;1-7(2)9(12)14-10(3)4-5-13-8(11)6-10/h8-10H,4-7H2,1-3H3;5-10H2,1-4H3;5-8H2,1-4H3;1,4-6H2,2-3H3. The fourth-order valence-corrected chi connectivity index (χ4v) is 8.22. The normalized spacial score (nSPS) is 29.1. The van der Waals surface area contributed by atoms with Crippen molar-refractivity contribution in [1.29, 1.82) is 0 Å². The Morgan fingerprint density at radius 2 is 1.11 bits per heavy atom. The van der Waals surface area contributed by atoms with Crippen molar-refractivity contribution in [3.8, 4) is 0 Å². The lowest BCUT2D eigenvalue weighted by Gasteiger charge is -2.35. The molecule has 6 aliphatic rings. The van der Waals surface area contributed by atoms with E-state index < -0.39 is 33.8 Å². The summed E-state index contributed by atoms with van der Waals surface area (Å²) in [5.74, 6) is -2.11. The first kappa shape index (κ1) is 53.4. The summed E-state index contributed by atoms with van der Waals surface area (Å²) >= 11 is 0. The summed E-state index contributed by atoms with van der Waals surface area (Å²) in [6.07, 6.45) is 11.7. The second kappa shape index (κ2) is 20.9. The minimum absolute atomic E-state index is 0.0197. The van der Waals surface area contributed by atoms with Crippen molar-refractivity contribution >= 4 is 41.8 Å². The smallest absolute Gasteiger partial charge is 0.333 e. The monoisotopic (exact) mass is 891 g/mol. The molecule has 0 N–H and O–H groups in total. The van der Waals surface area contributed by atoms with Gasteiger partial charge in [0.05, 0.1) is 54.1 Å². The number of hydrogen-bond acceptors (Lipinski definition) is 14. The molecule has 0 aromatic heterocycles. The van der Waals surface area contributed by atoms with E-state index in [2.05, 4.69) is 13.5 Å². The van der Waals surface area contributed by atoms with Crippen LogP contribution in [0.2, 0.25) is 0 Å². The first-order valence-electron chi connectivity index (χ1n) is 23.2. The number of cyclic esters (lactones) is 2. The Balaban J connectivity index is 0.000000225. The van der Waals surface area contributed by atoms with Crippen LogP contribution in [0.15, 0.2) is 12.2 Å². The molecule has 6 atom stereocenters. The zero-order valence-corrected chi connectivity index (χ0v) is 40.7. The zero-order chi connectivity index (χ0) is 47.8. The van der Waals surface area contributed by atoms with Gasteiger partial charge in [-0.15, -0.1) is 0 Å². The highest BCUT2D eigenvalue weighted by molar-refractivity contribution is 5.87. The van der Waals surface area contributed by atoms with Crippen LogP contribution in [0.25, 0.3) is 0 Å². The predicted octanol–water partition coefficient (Wildman–Crippen LogP) is 9.22. The van der Waals surface area contributed by atoms with Gasteiger partial charge in [-0.3, -0.25) is 28.8 Å². The first-order chi connectivity index (χ1) is 29.1. The van der Waals surface area contributed by atoms with Crippen molar-refractivity contribution in [2.75, 3.05) is 13.2 Å². The van der Waals surface area contributed by atoms with Crippen molar-refractivity contribution in [2.24, 2.45) is 34.0 Å². The number of carbonyl (C=O) groups is 7. The Bertz CT molecular complexity index is 1700. The molecule has 6 rings (SSSR count). The van der Waals surface area contributed by atoms with Gasteiger partial charge in [0.1, 0.15) is 16.8 Å². The molecule has 0 amide bonds. The first-order valence-corrected chi connectivity index (χ1v) is 23.2. The van der Waals surface area contributed by atoms with Crippen LogP contribution in [-0.2, 0) is 66.7 Å². The third-order valence-electron chi connectivity index (χ3n) is 14.3. The van der Waals surface area contributed by atoms with Gasteiger partial charge >= 0.3 is 41.8 Å². The Labute approximate surface area is 375 Å². The molecular formula is C49H78O14. The minimum Gasteiger partial charge on any atom is -0.465 e. The topological polar surface area (TPSA) is 184 Å². The van der Waals surface area contributed by atoms with E-state index in [-0.39, 0.29) is 71.5 Å². The van der Waals surface area contributed by atoms with Crippen LogP contribution in [0.4, 0.5) is 0 Å². The van der Waals surface area contributed by atoms with E-state index in [0.29, 0.717) is 56.8 Å². The van der Waals surface area contributed by atoms with Gasteiger partial charge in [0.15, 0.2) is 0 Å². The average Bonchev–Trinajstić information content (AvgIpc) is 3.96. The molecule has 358 valence electrons. The van der Waals surface area contributed by atoms with E-state index in [1.807, 2.05) is 62.3 Å². The van der Waals surface area contributed by atoms with Gasteiger partial charge in [-0.1, -0.05) is 34.3 Å². The summed E-state index contributed by atoms with van der Waals surface area (Å²) in [4.78, 5) is 81.3. The van der Waals surface area contributed by atoms with E-state index in [0.717, 1.165) is 38.5 Å². The molecule has 6 unspecified atom stereocenters. The summed E-state index contributed by atoms with van der Waals surface area (Å²) in [6, 6.07) is 0. The third kappa shape index (κ3) is 13.8. The van der Waals surface area contributed by atoms with Gasteiger partial charge in [0.25, 0.3) is 5.79 Å². The largest absolute Gasteiger partial charge is 0.465 e. The van der Waals surface area contributed by atoms with Crippen molar-refractivity contribution in [3.63, 3.8) is 0 Å². The van der Waals surface area contributed by atoms with E-state index in [4.69, 9.17) is 33.2 Å². The van der Waals surface area contributed by atoms with Crippen molar-refractivity contribution < 1.29 is 66.7 Å². The predicted molar refractivity (Wildman–Crippen MR) is 233 cm³/mol. The maximum absolute atomic E-state index is 12.2. The number of hydrogen-bond donors (Lipinski definition) is 0.